The molecule has 0 aromatic carbocycles. The maximum atomic E-state index is 11.6. The summed E-state index contributed by atoms with van der Waals surface area (Å²) in [4.78, 5) is 40.6. The normalized spacial score (nSPS) is 9.71. The molecule has 8 nitrogen and oxygen atoms in total. The second kappa shape index (κ2) is 10.9. The van der Waals surface area contributed by atoms with Crippen LogP contribution < -0.4 is 5.32 Å². The smallest absolute Gasteiger partial charge is 0.414 e. The summed E-state index contributed by atoms with van der Waals surface area (Å²) >= 11 is 0. The third-order valence-electron chi connectivity index (χ3n) is 1.93. The Labute approximate surface area is 128 Å². The monoisotopic (exact) mass is 331 g/mol. The fourth-order valence-electron chi connectivity index (χ4n) is 1.09. The van der Waals surface area contributed by atoms with Crippen molar-refractivity contribution in [2.24, 2.45) is 5.34 Å². The van der Waals surface area contributed by atoms with E-state index in [4.69, 9.17) is 4.74 Å². The molecule has 1 rings (SSSR count). The molecular weight excluding hydrogens is 318 g/mol. The maximum Gasteiger partial charge on any atom is 0.414 e. The first-order valence-electron chi connectivity index (χ1n) is 5.81. The van der Waals surface area contributed by atoms with E-state index in [1.54, 1.807) is 12.1 Å². The van der Waals surface area contributed by atoms with Crippen LogP contribution in [0.3, 0.4) is 0 Å². The Morgan fingerprint density at radius 2 is 2.05 bits per heavy atom. The molecule has 0 saturated carbocycles. The lowest BCUT2D eigenvalue weighted by molar-refractivity contribution is 0.0925. The summed E-state index contributed by atoms with van der Waals surface area (Å²) < 4.78 is 4.84. The summed E-state index contributed by atoms with van der Waals surface area (Å²) in [6.45, 7) is 0.402. The molecule has 0 fully saturated rings. The van der Waals surface area contributed by atoms with Crippen LogP contribution in [0, 0.1) is 4.91 Å². The molecule has 1 aromatic heterocycles. The van der Waals surface area contributed by atoms with Gasteiger partial charge in [0.2, 0.25) is 0 Å². The molecular formula is C11H13N3O5S2. The minimum Gasteiger partial charge on any atom is -0.448 e. The fraction of sp³-hybridized carbons (Fsp3) is 0.364. The second-order valence-corrected chi connectivity index (χ2v) is 6.09. The minimum absolute atomic E-state index is 0.163. The van der Waals surface area contributed by atoms with Crippen LogP contribution >= 0.6 is 21.6 Å². The predicted octanol–water partition coefficient (Wildman–Crippen LogP) is 2.03. The van der Waals surface area contributed by atoms with Crippen LogP contribution in [-0.2, 0) is 9.57 Å². The molecule has 1 aromatic rings. The highest BCUT2D eigenvalue weighted by atomic mass is 33.1. The highest BCUT2D eigenvalue weighted by Gasteiger charge is 2.10. The quantitative estimate of drug-likeness (QED) is 0.317. The Hall–Kier alpha value is -1.81. The number of alkyl carbamates (subject to hydrolysis) is 1. The number of carbonyl (C=O) groups is 2. The summed E-state index contributed by atoms with van der Waals surface area (Å²) in [7, 11) is 2.92. The topological polar surface area (TPSA) is 107 Å². The van der Waals surface area contributed by atoms with E-state index >= 15 is 0 Å². The molecule has 0 bridgehead atoms. The Kier molecular flexibility index (Phi) is 8.96. The molecule has 1 heterocycles. The largest absolute Gasteiger partial charge is 0.448 e. The molecule has 0 aliphatic rings. The van der Waals surface area contributed by atoms with Crippen molar-refractivity contribution >= 4 is 33.6 Å². The molecule has 0 unspecified atom stereocenters. The van der Waals surface area contributed by atoms with Crippen molar-refractivity contribution in [2.75, 3.05) is 24.7 Å². The van der Waals surface area contributed by atoms with Crippen molar-refractivity contribution in [1.29, 1.82) is 0 Å². The number of nitrogens with one attached hydrogen (secondary N) is 1. The average molecular weight is 331 g/mol. The zero-order valence-corrected chi connectivity index (χ0v) is 12.5. The van der Waals surface area contributed by atoms with E-state index in [2.05, 4.69) is 20.5 Å². The summed E-state index contributed by atoms with van der Waals surface area (Å²) in [6.07, 6.45) is 2.08. The van der Waals surface area contributed by atoms with Crippen LogP contribution in [-0.4, -0.2) is 41.7 Å². The molecule has 0 spiro atoms. The van der Waals surface area contributed by atoms with Gasteiger partial charge in [-0.3, -0.25) is 15.1 Å². The minimum atomic E-state index is -0.803. The van der Waals surface area contributed by atoms with Gasteiger partial charge in [-0.05, 0) is 12.1 Å². The lowest BCUT2D eigenvalue weighted by Crippen LogP contribution is -2.31. The molecule has 21 heavy (non-hydrogen) atoms. The van der Waals surface area contributed by atoms with Crippen LogP contribution in [0.5, 0.6) is 0 Å². The van der Waals surface area contributed by atoms with Crippen molar-refractivity contribution in [3.63, 3.8) is 0 Å². The van der Waals surface area contributed by atoms with Gasteiger partial charge in [0.1, 0.15) is 13.2 Å². The number of aromatic nitrogens is 1. The summed E-state index contributed by atoms with van der Waals surface area (Å²) in [5.41, 5.74) is 0.281. The van der Waals surface area contributed by atoms with Gasteiger partial charge in [0.05, 0.1) is 5.56 Å². The Morgan fingerprint density at radius 3 is 2.71 bits per heavy atom. The highest BCUT2D eigenvalue weighted by Crippen LogP contribution is 2.20. The molecule has 0 atom stereocenters. The molecule has 0 aliphatic carbocycles. The first kappa shape index (κ1) is 17.2. The van der Waals surface area contributed by atoms with Gasteiger partial charge in [-0.2, -0.15) is 0 Å². The molecule has 1 N–H and O–H groups in total. The number of pyridine rings is 1. The van der Waals surface area contributed by atoms with Crippen LogP contribution in [0.4, 0.5) is 4.79 Å². The number of nitrogens with zero attached hydrogens (tertiary/aromatic N) is 2. The lowest BCUT2D eigenvalue weighted by Gasteiger charge is -2.05. The van der Waals surface area contributed by atoms with E-state index in [9.17, 15) is 14.5 Å². The van der Waals surface area contributed by atoms with E-state index < -0.39 is 12.0 Å². The van der Waals surface area contributed by atoms with Crippen molar-refractivity contribution < 1.29 is 19.2 Å². The van der Waals surface area contributed by atoms with Crippen LogP contribution in [0.15, 0.2) is 29.9 Å². The SMILES string of the molecule is O=NOCCSSCCOC(=O)NC(=O)c1cccnc1. The number of hydrogen-bond donors (Lipinski definition) is 1. The highest BCUT2D eigenvalue weighted by molar-refractivity contribution is 8.76. The molecule has 0 aliphatic heterocycles. The first-order valence-corrected chi connectivity index (χ1v) is 8.30. The van der Waals surface area contributed by atoms with Crippen molar-refractivity contribution in [3.05, 3.63) is 35.0 Å². The third kappa shape index (κ3) is 8.15. The average Bonchev–Trinajstić information content (AvgIpc) is 2.50. The van der Waals surface area contributed by atoms with Gasteiger partial charge < -0.3 is 9.57 Å². The zero-order chi connectivity index (χ0) is 15.3. The summed E-state index contributed by atoms with van der Waals surface area (Å²) in [5.74, 6) is 0.587. The second-order valence-electron chi connectivity index (χ2n) is 3.38. The molecule has 10 heteroatoms. The van der Waals surface area contributed by atoms with Crippen molar-refractivity contribution in [3.8, 4) is 0 Å². The molecule has 0 saturated heterocycles. The maximum absolute atomic E-state index is 11.6. The van der Waals surface area contributed by atoms with Crippen LogP contribution in [0.25, 0.3) is 0 Å². The Balaban J connectivity index is 2.06. The van der Waals surface area contributed by atoms with E-state index in [1.807, 2.05) is 0 Å². The van der Waals surface area contributed by atoms with Crippen molar-refractivity contribution in [1.82, 2.24) is 10.3 Å². The Morgan fingerprint density at radius 1 is 1.29 bits per heavy atom. The number of amides is 2. The number of imide groups is 1. The van der Waals surface area contributed by atoms with Gasteiger partial charge in [-0.15, -0.1) is 4.91 Å². The van der Waals surface area contributed by atoms with E-state index in [-0.39, 0.29) is 18.8 Å². The van der Waals surface area contributed by atoms with E-state index in [0.29, 0.717) is 11.5 Å². The summed E-state index contributed by atoms with van der Waals surface area (Å²) in [5, 5.41) is 4.35. The molecule has 0 radical (unpaired) electrons. The number of rotatable bonds is 9. The standard InChI is InChI=1S/C11H13N3O5S2/c15-10(9-2-1-3-12-8-9)13-11(16)18-4-6-20-21-7-5-19-14-17/h1-3,8H,4-7H2,(H,13,15,16). The van der Waals surface area contributed by atoms with Crippen LogP contribution in [0.2, 0.25) is 0 Å². The van der Waals surface area contributed by atoms with Crippen LogP contribution in [0.1, 0.15) is 10.4 Å². The fourth-order valence-corrected chi connectivity index (χ4v) is 2.74. The van der Waals surface area contributed by atoms with Gasteiger partial charge in [0.25, 0.3) is 5.91 Å². The number of ether oxygens (including phenoxy) is 1. The van der Waals surface area contributed by atoms with E-state index in [1.165, 1.54) is 34.0 Å². The number of carbonyl (C=O) groups excluding carboxylic acids is 2. The predicted molar refractivity (Wildman–Crippen MR) is 79.7 cm³/mol. The Bertz CT molecular complexity index is 460. The van der Waals surface area contributed by atoms with Gasteiger partial charge >= 0.3 is 6.09 Å². The van der Waals surface area contributed by atoms with Gasteiger partial charge in [-0.25, -0.2) is 4.79 Å². The van der Waals surface area contributed by atoms with Gasteiger partial charge in [0, 0.05) is 23.9 Å². The number of hydrogen-bond acceptors (Lipinski definition) is 9. The van der Waals surface area contributed by atoms with E-state index in [0.717, 1.165) is 0 Å². The molecule has 2 amide bonds. The lowest BCUT2D eigenvalue weighted by atomic mass is 10.3. The zero-order valence-electron chi connectivity index (χ0n) is 10.9. The van der Waals surface area contributed by atoms with Gasteiger partial charge in [-0.1, -0.05) is 21.6 Å². The third-order valence-corrected chi connectivity index (χ3v) is 4.27. The van der Waals surface area contributed by atoms with Crippen molar-refractivity contribution in [2.45, 2.75) is 0 Å². The molecule has 114 valence electrons. The summed E-state index contributed by atoms with van der Waals surface area (Å²) in [6, 6.07) is 3.14. The first-order chi connectivity index (χ1) is 10.2. The van der Waals surface area contributed by atoms with Gasteiger partial charge in [0.15, 0.2) is 5.34 Å².